The summed E-state index contributed by atoms with van der Waals surface area (Å²) < 4.78 is 9.95. The highest BCUT2D eigenvalue weighted by atomic mass is 32.2. The Hall–Kier alpha value is -3.00. The van der Waals surface area contributed by atoms with E-state index in [-0.39, 0.29) is 5.75 Å². The highest BCUT2D eigenvalue weighted by Gasteiger charge is 2.12. The van der Waals surface area contributed by atoms with Crippen molar-refractivity contribution in [1.29, 1.82) is 0 Å². The summed E-state index contributed by atoms with van der Waals surface area (Å²) in [5, 5.41) is 4.71. The molecule has 0 saturated heterocycles. The predicted molar refractivity (Wildman–Crippen MR) is 108 cm³/mol. The number of methoxy groups -OCH3 is 1. The molecule has 0 aliphatic carbocycles. The van der Waals surface area contributed by atoms with Crippen molar-refractivity contribution in [2.24, 2.45) is 0 Å². The molecule has 2 N–H and O–H groups in total. The summed E-state index contributed by atoms with van der Waals surface area (Å²) in [5.41, 5.74) is 2.55. The maximum atomic E-state index is 11.9. The summed E-state index contributed by atoms with van der Waals surface area (Å²) in [6.07, 6.45) is 0. The van der Waals surface area contributed by atoms with Gasteiger partial charge in [-0.2, -0.15) is 0 Å². The predicted octanol–water partition coefficient (Wildman–Crippen LogP) is 3.30. The monoisotopic (exact) mass is 402 g/mol. The van der Waals surface area contributed by atoms with Crippen molar-refractivity contribution in [2.75, 3.05) is 24.8 Å². The number of amides is 3. The largest absolute Gasteiger partial charge is 0.497 e. The van der Waals surface area contributed by atoms with E-state index in [4.69, 9.17) is 9.47 Å². The fourth-order valence-electron chi connectivity index (χ4n) is 2.27. The van der Waals surface area contributed by atoms with Gasteiger partial charge in [-0.15, -0.1) is 11.8 Å². The third-order valence-corrected chi connectivity index (χ3v) is 4.65. The average Bonchev–Trinajstić information content (AvgIpc) is 2.67. The molecule has 0 atom stereocenters. The summed E-state index contributed by atoms with van der Waals surface area (Å²) in [6, 6.07) is 12.1. The number of carbonyl (C=O) groups excluding carboxylic acids is 3. The summed E-state index contributed by atoms with van der Waals surface area (Å²) in [5.74, 6) is -0.479. The smallest absolute Gasteiger partial charge is 0.325 e. The van der Waals surface area contributed by atoms with Crippen molar-refractivity contribution < 1.29 is 23.9 Å². The van der Waals surface area contributed by atoms with E-state index in [9.17, 15) is 14.4 Å². The maximum Gasteiger partial charge on any atom is 0.325 e. The lowest BCUT2D eigenvalue weighted by molar-refractivity contribution is -0.145. The van der Waals surface area contributed by atoms with Gasteiger partial charge in [0.1, 0.15) is 5.75 Å². The summed E-state index contributed by atoms with van der Waals surface area (Å²) >= 11 is 1.28. The van der Waals surface area contributed by atoms with Crippen LogP contribution in [0.5, 0.6) is 5.75 Å². The number of ether oxygens (including phenoxy) is 2. The van der Waals surface area contributed by atoms with Crippen molar-refractivity contribution in [3.63, 3.8) is 0 Å². The lowest BCUT2D eigenvalue weighted by Gasteiger charge is -2.10. The molecule has 0 aromatic heterocycles. The van der Waals surface area contributed by atoms with Crippen LogP contribution in [0.3, 0.4) is 0 Å². The number of hydrogen-bond acceptors (Lipinski definition) is 6. The molecule has 2 aromatic rings. The van der Waals surface area contributed by atoms with Gasteiger partial charge < -0.3 is 14.8 Å². The lowest BCUT2D eigenvalue weighted by atomic mass is 10.1. The van der Waals surface area contributed by atoms with Crippen LogP contribution < -0.4 is 15.4 Å². The number of rotatable bonds is 7. The Balaban J connectivity index is 1.70. The van der Waals surface area contributed by atoms with Gasteiger partial charge in [-0.05, 0) is 49.7 Å². The molecule has 0 radical (unpaired) electrons. The number of thioether (sulfide) groups is 1. The second-order valence-corrected chi connectivity index (χ2v) is 6.99. The molecule has 0 aliphatic rings. The topological polar surface area (TPSA) is 93.7 Å². The Labute approximate surface area is 167 Å². The number of benzene rings is 2. The van der Waals surface area contributed by atoms with Crippen LogP contribution in [0.1, 0.15) is 11.1 Å². The van der Waals surface area contributed by atoms with Gasteiger partial charge in [-0.1, -0.05) is 17.7 Å². The first-order valence-corrected chi connectivity index (χ1v) is 9.46. The fourth-order valence-corrected chi connectivity index (χ4v) is 2.97. The SMILES string of the molecule is COc1ccc(SCC(=O)OCC(=O)NC(=O)Nc2ccc(C)cc2C)cc1. The number of urea groups is 1. The average molecular weight is 402 g/mol. The molecule has 7 nitrogen and oxygen atoms in total. The van der Waals surface area contributed by atoms with Crippen molar-refractivity contribution >= 4 is 35.4 Å². The Morgan fingerprint density at radius 2 is 1.75 bits per heavy atom. The lowest BCUT2D eigenvalue weighted by Crippen LogP contribution is -2.37. The van der Waals surface area contributed by atoms with E-state index < -0.39 is 24.5 Å². The first-order valence-electron chi connectivity index (χ1n) is 8.48. The van der Waals surface area contributed by atoms with Crippen LogP contribution in [0.4, 0.5) is 10.5 Å². The number of carbonyl (C=O) groups is 3. The van der Waals surface area contributed by atoms with Gasteiger partial charge in [0, 0.05) is 10.6 Å². The molecule has 3 amide bonds. The Bertz CT molecular complexity index is 852. The zero-order valence-electron chi connectivity index (χ0n) is 15.9. The van der Waals surface area contributed by atoms with E-state index >= 15 is 0 Å². The van der Waals surface area contributed by atoms with Gasteiger partial charge in [0.25, 0.3) is 5.91 Å². The molecule has 2 aromatic carbocycles. The molecule has 0 heterocycles. The number of hydrogen-bond donors (Lipinski definition) is 2. The van der Waals surface area contributed by atoms with E-state index in [0.29, 0.717) is 5.69 Å². The van der Waals surface area contributed by atoms with Gasteiger partial charge in [-0.3, -0.25) is 14.9 Å². The van der Waals surface area contributed by atoms with E-state index in [1.807, 2.05) is 38.1 Å². The normalized spacial score (nSPS) is 10.1. The van der Waals surface area contributed by atoms with Crippen LogP contribution in [0.25, 0.3) is 0 Å². The Morgan fingerprint density at radius 3 is 2.39 bits per heavy atom. The Kier molecular flexibility index (Phi) is 7.88. The quantitative estimate of drug-likeness (QED) is 0.545. The molecule has 148 valence electrons. The van der Waals surface area contributed by atoms with Crippen LogP contribution in [0.15, 0.2) is 47.4 Å². The van der Waals surface area contributed by atoms with Crippen LogP contribution >= 0.6 is 11.8 Å². The molecule has 0 spiro atoms. The van der Waals surface area contributed by atoms with Crippen LogP contribution in [0.2, 0.25) is 0 Å². The molecule has 2 rings (SSSR count). The van der Waals surface area contributed by atoms with Gasteiger partial charge in [0.2, 0.25) is 0 Å². The number of nitrogens with one attached hydrogen (secondary N) is 2. The molecule has 0 aliphatic heterocycles. The summed E-state index contributed by atoms with van der Waals surface area (Å²) in [7, 11) is 1.58. The van der Waals surface area contributed by atoms with E-state index in [1.165, 1.54) is 11.8 Å². The molecular formula is C20H22N2O5S. The van der Waals surface area contributed by atoms with Crippen LogP contribution in [0, 0.1) is 13.8 Å². The third kappa shape index (κ3) is 6.96. The van der Waals surface area contributed by atoms with Gasteiger partial charge in [-0.25, -0.2) is 4.79 Å². The maximum absolute atomic E-state index is 11.9. The molecule has 0 bridgehead atoms. The van der Waals surface area contributed by atoms with Crippen LogP contribution in [-0.4, -0.2) is 37.4 Å². The number of imide groups is 1. The highest BCUT2D eigenvalue weighted by molar-refractivity contribution is 8.00. The number of anilines is 1. The van der Waals surface area contributed by atoms with Gasteiger partial charge >= 0.3 is 12.0 Å². The Morgan fingerprint density at radius 1 is 1.04 bits per heavy atom. The summed E-state index contributed by atoms with van der Waals surface area (Å²) in [6.45, 7) is 3.27. The van der Waals surface area contributed by atoms with E-state index in [2.05, 4.69) is 10.6 Å². The fraction of sp³-hybridized carbons (Fsp3) is 0.250. The zero-order chi connectivity index (χ0) is 20.5. The first kappa shape index (κ1) is 21.3. The van der Waals surface area contributed by atoms with Gasteiger partial charge in [0.05, 0.1) is 12.9 Å². The molecule has 28 heavy (non-hydrogen) atoms. The van der Waals surface area contributed by atoms with Crippen molar-refractivity contribution in [2.45, 2.75) is 18.7 Å². The minimum atomic E-state index is -0.704. The molecule has 8 heteroatoms. The van der Waals surface area contributed by atoms with Gasteiger partial charge in [0.15, 0.2) is 6.61 Å². The molecule has 0 saturated carbocycles. The minimum Gasteiger partial charge on any atom is -0.497 e. The number of aryl methyl sites for hydroxylation is 2. The third-order valence-electron chi connectivity index (χ3n) is 3.66. The summed E-state index contributed by atoms with van der Waals surface area (Å²) in [4.78, 5) is 36.3. The van der Waals surface area contributed by atoms with E-state index in [0.717, 1.165) is 21.8 Å². The second kappa shape index (κ2) is 10.4. The molecule has 0 unspecified atom stereocenters. The van der Waals surface area contributed by atoms with E-state index in [1.54, 1.807) is 25.3 Å². The minimum absolute atomic E-state index is 0.0500. The van der Waals surface area contributed by atoms with Crippen molar-refractivity contribution in [3.05, 3.63) is 53.6 Å². The molecular weight excluding hydrogens is 380 g/mol. The van der Waals surface area contributed by atoms with Crippen molar-refractivity contribution in [1.82, 2.24) is 5.32 Å². The van der Waals surface area contributed by atoms with Crippen LogP contribution in [-0.2, 0) is 14.3 Å². The highest BCUT2D eigenvalue weighted by Crippen LogP contribution is 2.21. The standard InChI is InChI=1S/C20H22N2O5S/c1-13-4-9-17(14(2)10-13)21-20(25)22-18(23)11-27-19(24)12-28-16-7-5-15(26-3)6-8-16/h4-10H,11-12H2,1-3H3,(H2,21,22,23,25). The first-order chi connectivity index (χ1) is 13.4. The second-order valence-electron chi connectivity index (χ2n) is 5.95. The van der Waals surface area contributed by atoms with Crippen molar-refractivity contribution in [3.8, 4) is 5.75 Å². The zero-order valence-corrected chi connectivity index (χ0v) is 16.7. The number of esters is 1. The molecule has 0 fully saturated rings.